The fourth-order valence-corrected chi connectivity index (χ4v) is 3.66. The van der Waals surface area contributed by atoms with E-state index in [-0.39, 0.29) is 11.9 Å². The van der Waals surface area contributed by atoms with Crippen LogP contribution in [0.3, 0.4) is 0 Å². The largest absolute Gasteiger partial charge is 0.326 e. The Kier molecular flexibility index (Phi) is 5.52. The molecule has 3 amide bonds. The number of nitrogens with one attached hydrogen (secondary N) is 2. The van der Waals surface area contributed by atoms with Crippen molar-refractivity contribution >= 4 is 35.1 Å². The van der Waals surface area contributed by atoms with E-state index in [9.17, 15) is 9.59 Å². The molecule has 1 heterocycles. The molecule has 2 aromatic rings. The van der Waals surface area contributed by atoms with Gasteiger partial charge in [-0.1, -0.05) is 12.1 Å². The number of amides is 3. The van der Waals surface area contributed by atoms with E-state index in [0.29, 0.717) is 18.7 Å². The number of carbonyl (C=O) groups is 2. The van der Waals surface area contributed by atoms with Gasteiger partial charge in [0.05, 0.1) is 0 Å². The number of aryl methyl sites for hydroxylation is 2. The molecule has 0 saturated carbocycles. The Labute approximate surface area is 158 Å². The summed E-state index contributed by atoms with van der Waals surface area (Å²) < 4.78 is 0. The lowest BCUT2D eigenvalue weighted by molar-refractivity contribution is -0.118. The number of nitrogens with zero attached hydrogens (tertiary/aromatic N) is 1. The molecule has 0 aliphatic carbocycles. The van der Waals surface area contributed by atoms with Gasteiger partial charge in [-0.05, 0) is 68.0 Å². The molecule has 1 aliphatic heterocycles. The van der Waals surface area contributed by atoms with E-state index < -0.39 is 6.04 Å². The van der Waals surface area contributed by atoms with Crippen LogP contribution >= 0.6 is 11.8 Å². The third kappa shape index (κ3) is 4.19. The molecule has 0 aromatic heterocycles. The van der Waals surface area contributed by atoms with Crippen molar-refractivity contribution in [3.05, 3.63) is 53.6 Å². The minimum Gasteiger partial charge on any atom is -0.326 e. The summed E-state index contributed by atoms with van der Waals surface area (Å²) in [4.78, 5) is 27.8. The summed E-state index contributed by atoms with van der Waals surface area (Å²) in [5.41, 5.74) is 3.85. The second kappa shape index (κ2) is 7.83. The summed E-state index contributed by atoms with van der Waals surface area (Å²) in [6, 6.07) is 12.8. The summed E-state index contributed by atoms with van der Waals surface area (Å²) >= 11 is 1.61. The highest BCUT2D eigenvalue weighted by Crippen LogP contribution is 2.24. The molecule has 1 saturated heterocycles. The van der Waals surface area contributed by atoms with Crippen LogP contribution in [-0.2, 0) is 4.79 Å². The lowest BCUT2D eigenvalue weighted by Gasteiger charge is -2.18. The first-order valence-electron chi connectivity index (χ1n) is 8.57. The Bertz CT molecular complexity index is 817. The second-order valence-electron chi connectivity index (χ2n) is 6.51. The monoisotopic (exact) mass is 369 g/mol. The van der Waals surface area contributed by atoms with Gasteiger partial charge >= 0.3 is 6.03 Å². The first-order valence-corrected chi connectivity index (χ1v) is 9.80. The van der Waals surface area contributed by atoms with E-state index in [4.69, 9.17) is 0 Å². The fraction of sp³-hybridized carbons (Fsp3) is 0.300. The number of anilines is 2. The molecule has 1 aliphatic rings. The predicted octanol–water partition coefficient (Wildman–Crippen LogP) is 3.95. The van der Waals surface area contributed by atoms with Gasteiger partial charge in [0.1, 0.15) is 6.04 Å². The SMILES string of the molecule is CSc1cccc(NC(=O)NC2CCN(c3cc(C)cc(C)c3)C2=O)c1. The maximum Gasteiger partial charge on any atom is 0.319 e. The molecule has 0 spiro atoms. The maximum absolute atomic E-state index is 12.7. The Morgan fingerprint density at radius 1 is 1.15 bits per heavy atom. The first-order chi connectivity index (χ1) is 12.5. The van der Waals surface area contributed by atoms with E-state index in [2.05, 4.69) is 16.7 Å². The van der Waals surface area contributed by atoms with Crippen LogP contribution in [-0.4, -0.2) is 30.8 Å². The summed E-state index contributed by atoms with van der Waals surface area (Å²) in [7, 11) is 0. The first kappa shape index (κ1) is 18.3. The van der Waals surface area contributed by atoms with Gasteiger partial charge in [0.2, 0.25) is 5.91 Å². The number of urea groups is 1. The normalized spacial score (nSPS) is 16.7. The minimum absolute atomic E-state index is 0.0667. The summed E-state index contributed by atoms with van der Waals surface area (Å²) in [6.07, 6.45) is 2.59. The molecule has 26 heavy (non-hydrogen) atoms. The van der Waals surface area contributed by atoms with Crippen LogP contribution in [0.2, 0.25) is 0 Å². The molecule has 0 bridgehead atoms. The van der Waals surface area contributed by atoms with E-state index >= 15 is 0 Å². The highest BCUT2D eigenvalue weighted by atomic mass is 32.2. The van der Waals surface area contributed by atoms with Gasteiger partial charge in [-0.3, -0.25) is 4.79 Å². The third-order valence-corrected chi connectivity index (χ3v) is 5.08. The van der Waals surface area contributed by atoms with E-state index in [1.165, 1.54) is 0 Å². The molecule has 6 heteroatoms. The lowest BCUT2D eigenvalue weighted by Crippen LogP contribution is -2.43. The number of benzene rings is 2. The number of rotatable bonds is 4. The Morgan fingerprint density at radius 3 is 2.58 bits per heavy atom. The van der Waals surface area contributed by atoms with Crippen molar-refractivity contribution in [1.82, 2.24) is 5.32 Å². The number of thioether (sulfide) groups is 1. The Hall–Kier alpha value is -2.47. The van der Waals surface area contributed by atoms with Crippen molar-refractivity contribution in [2.45, 2.75) is 31.2 Å². The minimum atomic E-state index is -0.500. The van der Waals surface area contributed by atoms with Crippen molar-refractivity contribution in [2.24, 2.45) is 0 Å². The van der Waals surface area contributed by atoms with Crippen molar-refractivity contribution in [3.8, 4) is 0 Å². The van der Waals surface area contributed by atoms with Crippen molar-refractivity contribution < 1.29 is 9.59 Å². The number of hydrogen-bond donors (Lipinski definition) is 2. The zero-order chi connectivity index (χ0) is 18.7. The van der Waals surface area contributed by atoms with Crippen LogP contribution in [0.5, 0.6) is 0 Å². The molecular weight excluding hydrogens is 346 g/mol. The van der Waals surface area contributed by atoms with Gasteiger partial charge < -0.3 is 15.5 Å². The molecule has 1 unspecified atom stereocenters. The standard InChI is InChI=1S/C20H23N3O2S/c1-13-9-14(2)11-16(10-13)23-8-7-18(19(23)24)22-20(25)21-15-5-4-6-17(12-15)26-3/h4-6,9-12,18H,7-8H2,1-3H3,(H2,21,22,25). The lowest BCUT2D eigenvalue weighted by atomic mass is 10.1. The highest BCUT2D eigenvalue weighted by Gasteiger charge is 2.33. The Balaban J connectivity index is 1.63. The second-order valence-corrected chi connectivity index (χ2v) is 7.39. The van der Waals surface area contributed by atoms with Gasteiger partial charge in [0, 0.05) is 22.8 Å². The Morgan fingerprint density at radius 2 is 1.88 bits per heavy atom. The predicted molar refractivity (Wildman–Crippen MR) is 107 cm³/mol. The van der Waals surface area contributed by atoms with Crippen molar-refractivity contribution in [2.75, 3.05) is 23.0 Å². The summed E-state index contributed by atoms with van der Waals surface area (Å²) in [5, 5.41) is 5.60. The van der Waals surface area contributed by atoms with Gasteiger partial charge in [-0.25, -0.2) is 4.79 Å². The molecule has 2 N–H and O–H groups in total. The van der Waals surface area contributed by atoms with Crippen LogP contribution in [0.4, 0.5) is 16.2 Å². The van der Waals surface area contributed by atoms with E-state index in [0.717, 1.165) is 21.7 Å². The van der Waals surface area contributed by atoms with Crippen molar-refractivity contribution in [1.29, 1.82) is 0 Å². The fourth-order valence-electron chi connectivity index (χ4n) is 3.20. The molecule has 1 fully saturated rings. The number of carbonyl (C=O) groups excluding carboxylic acids is 2. The average Bonchev–Trinajstić information content (AvgIpc) is 2.94. The molecule has 2 aromatic carbocycles. The van der Waals surface area contributed by atoms with Crippen LogP contribution < -0.4 is 15.5 Å². The molecule has 0 radical (unpaired) electrons. The summed E-state index contributed by atoms with van der Waals surface area (Å²) in [6.45, 7) is 4.64. The topological polar surface area (TPSA) is 61.4 Å². The quantitative estimate of drug-likeness (QED) is 0.802. The van der Waals surface area contributed by atoms with E-state index in [1.807, 2.05) is 56.5 Å². The zero-order valence-electron chi connectivity index (χ0n) is 15.2. The van der Waals surface area contributed by atoms with Crippen LogP contribution in [0.15, 0.2) is 47.4 Å². The van der Waals surface area contributed by atoms with Crippen molar-refractivity contribution in [3.63, 3.8) is 0 Å². The zero-order valence-corrected chi connectivity index (χ0v) is 16.0. The average molecular weight is 369 g/mol. The van der Waals surface area contributed by atoms with Gasteiger partial charge in [-0.15, -0.1) is 11.8 Å². The maximum atomic E-state index is 12.7. The smallest absolute Gasteiger partial charge is 0.319 e. The molecule has 136 valence electrons. The number of hydrogen-bond acceptors (Lipinski definition) is 3. The molecule has 1 atom stereocenters. The van der Waals surface area contributed by atoms with Gasteiger partial charge in [-0.2, -0.15) is 0 Å². The highest BCUT2D eigenvalue weighted by molar-refractivity contribution is 7.98. The molecular formula is C20H23N3O2S. The molecule has 3 rings (SSSR count). The van der Waals surface area contributed by atoms with Crippen LogP contribution in [0.25, 0.3) is 0 Å². The molecule has 5 nitrogen and oxygen atoms in total. The summed E-state index contributed by atoms with van der Waals surface area (Å²) in [5.74, 6) is -0.0667. The van der Waals surface area contributed by atoms with Gasteiger partial charge in [0.15, 0.2) is 0 Å². The van der Waals surface area contributed by atoms with Gasteiger partial charge in [0.25, 0.3) is 0 Å². The third-order valence-electron chi connectivity index (χ3n) is 4.36. The van der Waals surface area contributed by atoms with E-state index in [1.54, 1.807) is 16.7 Å². The van der Waals surface area contributed by atoms with Crippen LogP contribution in [0, 0.1) is 13.8 Å². The van der Waals surface area contributed by atoms with Crippen LogP contribution in [0.1, 0.15) is 17.5 Å².